The Bertz CT molecular complexity index is 501. The first kappa shape index (κ1) is 15.1. The largest absolute Gasteiger partial charge is 0.493 e. The van der Waals surface area contributed by atoms with Crippen LogP contribution in [-0.4, -0.2) is 14.2 Å². The minimum Gasteiger partial charge on any atom is -0.493 e. The second-order valence-electron chi connectivity index (χ2n) is 3.94. The van der Waals surface area contributed by atoms with Gasteiger partial charge in [-0.15, -0.1) is 0 Å². The molecule has 0 aliphatic rings. The second kappa shape index (κ2) is 7.47. The molecule has 2 aromatic rings. The maximum atomic E-state index is 5.30. The fourth-order valence-corrected chi connectivity index (χ4v) is 1.76. The standard InChI is InChI=1S/C15H16O2.C2H6/c1-11-4-6-12(7-5-11)13-8-9-14(16-2)15(10-13)17-3;1-2/h4-10H,1-3H3;1-2H3. The third-order valence-corrected chi connectivity index (χ3v) is 2.77. The third-order valence-electron chi connectivity index (χ3n) is 2.77. The van der Waals surface area contributed by atoms with E-state index in [2.05, 4.69) is 31.2 Å². The lowest BCUT2D eigenvalue weighted by Gasteiger charge is -2.09. The van der Waals surface area contributed by atoms with Crippen molar-refractivity contribution in [1.82, 2.24) is 0 Å². The van der Waals surface area contributed by atoms with E-state index < -0.39 is 0 Å². The van der Waals surface area contributed by atoms with Gasteiger partial charge < -0.3 is 9.47 Å². The predicted molar refractivity (Wildman–Crippen MR) is 81.1 cm³/mol. The molecule has 0 saturated carbocycles. The smallest absolute Gasteiger partial charge is 0.161 e. The molecule has 2 aromatic carbocycles. The molecular weight excluding hydrogens is 236 g/mol. The molecule has 2 heteroatoms. The minimum absolute atomic E-state index is 0.753. The van der Waals surface area contributed by atoms with Gasteiger partial charge in [0.25, 0.3) is 0 Å². The van der Waals surface area contributed by atoms with Crippen LogP contribution in [0.15, 0.2) is 42.5 Å². The van der Waals surface area contributed by atoms with Crippen molar-refractivity contribution < 1.29 is 9.47 Å². The van der Waals surface area contributed by atoms with Gasteiger partial charge in [-0.1, -0.05) is 49.7 Å². The Hall–Kier alpha value is -1.96. The molecule has 0 unspecified atom stereocenters. The normalized spacial score (nSPS) is 9.32. The van der Waals surface area contributed by atoms with Gasteiger partial charge in [-0.05, 0) is 30.2 Å². The molecule has 0 aliphatic carbocycles. The maximum absolute atomic E-state index is 5.30. The fraction of sp³-hybridized carbons (Fsp3) is 0.294. The Morgan fingerprint density at radius 2 is 1.21 bits per heavy atom. The summed E-state index contributed by atoms with van der Waals surface area (Å²) < 4.78 is 10.5. The van der Waals surface area contributed by atoms with Gasteiger partial charge in [0.15, 0.2) is 11.5 Å². The summed E-state index contributed by atoms with van der Waals surface area (Å²) in [5.74, 6) is 1.51. The number of hydrogen-bond acceptors (Lipinski definition) is 2. The van der Waals surface area contributed by atoms with Gasteiger partial charge in [0.05, 0.1) is 14.2 Å². The molecule has 0 amide bonds. The summed E-state index contributed by atoms with van der Waals surface area (Å²) in [4.78, 5) is 0. The maximum Gasteiger partial charge on any atom is 0.161 e. The van der Waals surface area contributed by atoms with Crippen molar-refractivity contribution >= 4 is 0 Å². The summed E-state index contributed by atoms with van der Waals surface area (Å²) in [6.07, 6.45) is 0. The van der Waals surface area contributed by atoms with E-state index in [9.17, 15) is 0 Å². The Labute approximate surface area is 116 Å². The zero-order valence-electron chi connectivity index (χ0n) is 12.4. The van der Waals surface area contributed by atoms with Crippen LogP contribution >= 0.6 is 0 Å². The molecule has 0 aromatic heterocycles. The van der Waals surface area contributed by atoms with Crippen LogP contribution in [0, 0.1) is 6.92 Å². The van der Waals surface area contributed by atoms with E-state index in [1.807, 2.05) is 32.0 Å². The van der Waals surface area contributed by atoms with E-state index in [1.54, 1.807) is 14.2 Å². The van der Waals surface area contributed by atoms with Crippen LogP contribution in [0.5, 0.6) is 11.5 Å². The summed E-state index contributed by atoms with van der Waals surface area (Å²) in [5, 5.41) is 0. The van der Waals surface area contributed by atoms with E-state index in [4.69, 9.17) is 9.47 Å². The number of ether oxygens (including phenoxy) is 2. The fourth-order valence-electron chi connectivity index (χ4n) is 1.76. The average Bonchev–Trinajstić information content (AvgIpc) is 2.49. The summed E-state index contributed by atoms with van der Waals surface area (Å²) in [7, 11) is 3.29. The number of aryl methyl sites for hydroxylation is 1. The first-order valence-electron chi connectivity index (χ1n) is 6.53. The zero-order chi connectivity index (χ0) is 14.3. The number of rotatable bonds is 3. The van der Waals surface area contributed by atoms with Crippen molar-refractivity contribution in [2.45, 2.75) is 20.8 Å². The van der Waals surface area contributed by atoms with Gasteiger partial charge in [0, 0.05) is 0 Å². The quantitative estimate of drug-likeness (QED) is 0.794. The highest BCUT2D eigenvalue weighted by Gasteiger charge is 2.05. The molecule has 102 valence electrons. The van der Waals surface area contributed by atoms with Crippen LogP contribution in [-0.2, 0) is 0 Å². The van der Waals surface area contributed by atoms with E-state index in [-0.39, 0.29) is 0 Å². The van der Waals surface area contributed by atoms with Crippen molar-refractivity contribution in [3.63, 3.8) is 0 Å². The van der Waals surface area contributed by atoms with E-state index in [1.165, 1.54) is 11.1 Å². The Kier molecular flexibility index (Phi) is 5.94. The van der Waals surface area contributed by atoms with Crippen molar-refractivity contribution in [3.05, 3.63) is 48.0 Å². The zero-order valence-corrected chi connectivity index (χ0v) is 12.4. The van der Waals surface area contributed by atoms with E-state index >= 15 is 0 Å². The van der Waals surface area contributed by atoms with Crippen LogP contribution in [0.25, 0.3) is 11.1 Å². The van der Waals surface area contributed by atoms with E-state index in [0.29, 0.717) is 0 Å². The van der Waals surface area contributed by atoms with Gasteiger partial charge in [-0.25, -0.2) is 0 Å². The van der Waals surface area contributed by atoms with Crippen LogP contribution in [0.2, 0.25) is 0 Å². The molecule has 0 N–H and O–H groups in total. The molecule has 0 spiro atoms. The van der Waals surface area contributed by atoms with Crippen molar-refractivity contribution in [2.75, 3.05) is 14.2 Å². The first-order chi connectivity index (χ1) is 9.24. The minimum atomic E-state index is 0.753. The molecule has 2 rings (SSSR count). The summed E-state index contributed by atoms with van der Waals surface area (Å²) in [6.45, 7) is 6.08. The lowest BCUT2D eigenvalue weighted by atomic mass is 10.0. The van der Waals surface area contributed by atoms with Crippen molar-refractivity contribution in [3.8, 4) is 22.6 Å². The number of benzene rings is 2. The third kappa shape index (κ3) is 3.75. The van der Waals surface area contributed by atoms with E-state index in [0.717, 1.165) is 17.1 Å². The Balaban J connectivity index is 0.000000861. The average molecular weight is 258 g/mol. The van der Waals surface area contributed by atoms with Gasteiger partial charge in [0.2, 0.25) is 0 Å². The molecule has 2 nitrogen and oxygen atoms in total. The molecule has 0 atom stereocenters. The summed E-state index contributed by atoms with van der Waals surface area (Å²) in [6, 6.07) is 14.4. The first-order valence-corrected chi connectivity index (χ1v) is 6.53. The molecule has 0 radical (unpaired) electrons. The second-order valence-corrected chi connectivity index (χ2v) is 3.94. The highest BCUT2D eigenvalue weighted by Crippen LogP contribution is 2.32. The van der Waals surface area contributed by atoms with Gasteiger partial charge in [0.1, 0.15) is 0 Å². The lowest BCUT2D eigenvalue weighted by molar-refractivity contribution is 0.355. The molecule has 0 heterocycles. The molecular formula is C17H22O2. The Morgan fingerprint density at radius 1 is 0.684 bits per heavy atom. The number of methoxy groups -OCH3 is 2. The van der Waals surface area contributed by atoms with Gasteiger partial charge in [-0.3, -0.25) is 0 Å². The molecule has 0 aliphatic heterocycles. The van der Waals surface area contributed by atoms with Crippen LogP contribution in [0.3, 0.4) is 0 Å². The molecule has 19 heavy (non-hydrogen) atoms. The predicted octanol–water partition coefficient (Wildman–Crippen LogP) is 4.71. The highest BCUT2D eigenvalue weighted by atomic mass is 16.5. The SMILES string of the molecule is CC.COc1ccc(-c2ccc(C)cc2)cc1OC. The highest BCUT2D eigenvalue weighted by molar-refractivity contribution is 5.67. The molecule has 0 saturated heterocycles. The molecule has 0 bridgehead atoms. The van der Waals surface area contributed by atoms with Crippen LogP contribution in [0.4, 0.5) is 0 Å². The monoisotopic (exact) mass is 258 g/mol. The Morgan fingerprint density at radius 3 is 1.74 bits per heavy atom. The van der Waals surface area contributed by atoms with Crippen LogP contribution in [0.1, 0.15) is 19.4 Å². The number of hydrogen-bond donors (Lipinski definition) is 0. The van der Waals surface area contributed by atoms with Crippen molar-refractivity contribution in [2.24, 2.45) is 0 Å². The van der Waals surface area contributed by atoms with Crippen molar-refractivity contribution in [1.29, 1.82) is 0 Å². The topological polar surface area (TPSA) is 18.5 Å². The summed E-state index contributed by atoms with van der Waals surface area (Å²) >= 11 is 0. The summed E-state index contributed by atoms with van der Waals surface area (Å²) in [5.41, 5.74) is 3.56. The molecule has 0 fully saturated rings. The lowest BCUT2D eigenvalue weighted by Crippen LogP contribution is -1.90. The van der Waals surface area contributed by atoms with Gasteiger partial charge >= 0.3 is 0 Å². The van der Waals surface area contributed by atoms with Gasteiger partial charge in [-0.2, -0.15) is 0 Å². The van der Waals surface area contributed by atoms with Crippen LogP contribution < -0.4 is 9.47 Å².